The van der Waals surface area contributed by atoms with Gasteiger partial charge < -0.3 is 10.1 Å². The predicted molar refractivity (Wildman–Crippen MR) is 130 cm³/mol. The van der Waals surface area contributed by atoms with Gasteiger partial charge in [0.2, 0.25) is 0 Å². The van der Waals surface area contributed by atoms with E-state index in [1.807, 2.05) is 60.7 Å². The summed E-state index contributed by atoms with van der Waals surface area (Å²) in [4.78, 5) is 26.5. The summed E-state index contributed by atoms with van der Waals surface area (Å²) in [5.74, 6) is 0.411. The van der Waals surface area contributed by atoms with Crippen molar-refractivity contribution in [1.29, 1.82) is 0 Å². The van der Waals surface area contributed by atoms with Gasteiger partial charge in [-0.05, 0) is 35.7 Å². The summed E-state index contributed by atoms with van der Waals surface area (Å²) in [6, 6.07) is 24.1. The normalized spacial score (nSPS) is 11.8. The lowest BCUT2D eigenvalue weighted by Gasteiger charge is -2.21. The Hall–Kier alpha value is -3.93. The molecule has 0 bridgehead atoms. The third-order valence-corrected chi connectivity index (χ3v) is 5.66. The predicted octanol–water partition coefficient (Wildman–Crippen LogP) is 4.72. The SMILES string of the molecule is CCCCn1nc(C(=O)N[C@H](c2ccccc2)c2ccc(OC)cc2)c2ccccc2c1=O. The number of hydrogen-bond acceptors (Lipinski definition) is 4. The van der Waals surface area contributed by atoms with Crippen molar-refractivity contribution in [2.24, 2.45) is 0 Å². The standard InChI is InChI=1S/C27H27N3O3/c1-3-4-18-30-27(32)23-13-9-8-12-22(23)25(29-30)26(31)28-24(19-10-6-5-7-11-19)20-14-16-21(33-2)17-15-20/h5-17,24H,3-4,18H2,1-2H3,(H,28,31)/t24-/m1/s1. The van der Waals surface area contributed by atoms with Crippen LogP contribution in [0, 0.1) is 0 Å². The van der Waals surface area contributed by atoms with E-state index < -0.39 is 0 Å². The first-order valence-electron chi connectivity index (χ1n) is 11.1. The smallest absolute Gasteiger partial charge is 0.274 e. The molecule has 6 heteroatoms. The molecule has 0 unspecified atom stereocenters. The van der Waals surface area contributed by atoms with Crippen LogP contribution >= 0.6 is 0 Å². The number of carbonyl (C=O) groups excluding carboxylic acids is 1. The molecule has 3 aromatic carbocycles. The van der Waals surface area contributed by atoms with E-state index in [4.69, 9.17) is 4.74 Å². The number of carbonyl (C=O) groups is 1. The maximum Gasteiger partial charge on any atom is 0.274 e. The van der Waals surface area contributed by atoms with E-state index >= 15 is 0 Å². The number of nitrogens with zero attached hydrogens (tertiary/aromatic N) is 2. The number of fused-ring (bicyclic) bond motifs is 1. The van der Waals surface area contributed by atoms with Gasteiger partial charge in [-0.15, -0.1) is 0 Å². The minimum Gasteiger partial charge on any atom is -0.497 e. The van der Waals surface area contributed by atoms with Gasteiger partial charge in [-0.25, -0.2) is 4.68 Å². The number of methoxy groups -OCH3 is 1. The van der Waals surface area contributed by atoms with E-state index in [-0.39, 0.29) is 23.2 Å². The van der Waals surface area contributed by atoms with E-state index in [2.05, 4.69) is 17.3 Å². The Morgan fingerprint density at radius 3 is 2.24 bits per heavy atom. The zero-order valence-corrected chi connectivity index (χ0v) is 18.8. The molecule has 0 spiro atoms. The van der Waals surface area contributed by atoms with Gasteiger partial charge in [-0.1, -0.05) is 74.0 Å². The summed E-state index contributed by atoms with van der Waals surface area (Å²) in [6.07, 6.45) is 1.74. The highest BCUT2D eigenvalue weighted by atomic mass is 16.5. The van der Waals surface area contributed by atoms with Crippen molar-refractivity contribution in [2.75, 3.05) is 7.11 Å². The minimum absolute atomic E-state index is 0.176. The number of hydrogen-bond donors (Lipinski definition) is 1. The summed E-state index contributed by atoms with van der Waals surface area (Å²) in [7, 11) is 1.62. The van der Waals surface area contributed by atoms with Crippen molar-refractivity contribution in [2.45, 2.75) is 32.4 Å². The van der Waals surface area contributed by atoms with Gasteiger partial charge in [-0.2, -0.15) is 5.10 Å². The van der Waals surface area contributed by atoms with Crippen molar-refractivity contribution in [3.05, 3.63) is 106 Å². The highest BCUT2D eigenvalue weighted by Crippen LogP contribution is 2.25. The van der Waals surface area contributed by atoms with Gasteiger partial charge in [0, 0.05) is 11.9 Å². The highest BCUT2D eigenvalue weighted by molar-refractivity contribution is 6.05. The van der Waals surface area contributed by atoms with E-state index in [9.17, 15) is 9.59 Å². The van der Waals surface area contributed by atoms with Crippen LogP contribution in [0.2, 0.25) is 0 Å². The molecule has 1 amide bonds. The summed E-state index contributed by atoms with van der Waals surface area (Å²) >= 11 is 0. The summed E-state index contributed by atoms with van der Waals surface area (Å²) in [5.41, 5.74) is 1.93. The lowest BCUT2D eigenvalue weighted by molar-refractivity contribution is 0.0937. The molecule has 0 saturated carbocycles. The van der Waals surface area contributed by atoms with Crippen molar-refractivity contribution in [3.8, 4) is 5.75 Å². The number of aromatic nitrogens is 2. The van der Waals surface area contributed by atoms with Gasteiger partial charge >= 0.3 is 0 Å². The molecular weight excluding hydrogens is 414 g/mol. The van der Waals surface area contributed by atoms with E-state index in [0.29, 0.717) is 17.3 Å². The van der Waals surface area contributed by atoms with Crippen molar-refractivity contribution < 1.29 is 9.53 Å². The average molecular weight is 442 g/mol. The molecule has 1 N–H and O–H groups in total. The maximum atomic E-state index is 13.6. The van der Waals surface area contributed by atoms with Gasteiger partial charge in [0.1, 0.15) is 5.75 Å². The monoisotopic (exact) mass is 441 g/mol. The van der Waals surface area contributed by atoms with Crippen molar-refractivity contribution in [3.63, 3.8) is 0 Å². The molecular formula is C27H27N3O3. The number of aryl methyl sites for hydroxylation is 1. The molecule has 1 heterocycles. The first-order chi connectivity index (χ1) is 16.1. The Bertz CT molecular complexity index is 1300. The fourth-order valence-corrected chi connectivity index (χ4v) is 3.86. The van der Waals surface area contributed by atoms with Gasteiger partial charge in [0.25, 0.3) is 11.5 Å². The van der Waals surface area contributed by atoms with Crippen LogP contribution in [0.4, 0.5) is 0 Å². The third-order valence-electron chi connectivity index (χ3n) is 5.66. The molecule has 1 atom stereocenters. The van der Waals surface area contributed by atoms with Gasteiger partial charge in [0.05, 0.1) is 18.5 Å². The Morgan fingerprint density at radius 1 is 0.939 bits per heavy atom. The highest BCUT2D eigenvalue weighted by Gasteiger charge is 2.22. The molecule has 168 valence electrons. The van der Waals surface area contributed by atoms with Crippen LogP contribution in [0.25, 0.3) is 10.8 Å². The molecule has 33 heavy (non-hydrogen) atoms. The molecule has 4 aromatic rings. The Morgan fingerprint density at radius 2 is 1.58 bits per heavy atom. The molecule has 1 aromatic heterocycles. The number of nitrogens with one attached hydrogen (secondary N) is 1. The molecule has 0 radical (unpaired) electrons. The van der Waals surface area contributed by atoms with Crippen LogP contribution < -0.4 is 15.6 Å². The number of benzene rings is 3. The van der Waals surface area contributed by atoms with Crippen LogP contribution in [0.15, 0.2) is 83.7 Å². The molecule has 0 fully saturated rings. The maximum absolute atomic E-state index is 13.6. The topological polar surface area (TPSA) is 73.2 Å². The first kappa shape index (κ1) is 22.3. The van der Waals surface area contributed by atoms with Crippen molar-refractivity contribution >= 4 is 16.7 Å². The van der Waals surface area contributed by atoms with E-state index in [0.717, 1.165) is 29.7 Å². The number of ether oxygens (including phenoxy) is 1. The molecule has 0 aliphatic heterocycles. The Kier molecular flexibility index (Phi) is 6.83. The summed E-state index contributed by atoms with van der Waals surface area (Å²) in [5, 5.41) is 8.66. The van der Waals surface area contributed by atoms with E-state index in [1.54, 1.807) is 25.3 Å². The average Bonchev–Trinajstić information content (AvgIpc) is 2.87. The fraction of sp³-hybridized carbons (Fsp3) is 0.222. The van der Waals surface area contributed by atoms with Gasteiger partial charge in [0.15, 0.2) is 5.69 Å². The number of rotatable bonds is 8. The fourth-order valence-electron chi connectivity index (χ4n) is 3.86. The minimum atomic E-state index is -0.388. The number of amides is 1. The lowest BCUT2D eigenvalue weighted by Crippen LogP contribution is -2.33. The van der Waals surface area contributed by atoms with Gasteiger partial charge in [-0.3, -0.25) is 9.59 Å². The first-order valence-corrected chi connectivity index (χ1v) is 11.1. The molecule has 0 saturated heterocycles. The molecule has 4 rings (SSSR count). The largest absolute Gasteiger partial charge is 0.497 e. The molecule has 0 aliphatic rings. The summed E-state index contributed by atoms with van der Waals surface area (Å²) in [6.45, 7) is 2.53. The zero-order valence-electron chi connectivity index (χ0n) is 18.8. The second kappa shape index (κ2) is 10.1. The number of unbranched alkanes of at least 4 members (excludes halogenated alkanes) is 1. The lowest BCUT2D eigenvalue weighted by atomic mass is 9.98. The van der Waals surface area contributed by atoms with Crippen LogP contribution in [0.5, 0.6) is 5.75 Å². The summed E-state index contributed by atoms with van der Waals surface area (Å²) < 4.78 is 6.69. The van der Waals surface area contributed by atoms with Crippen LogP contribution in [0.3, 0.4) is 0 Å². The third kappa shape index (κ3) is 4.80. The van der Waals surface area contributed by atoms with Crippen LogP contribution in [0.1, 0.15) is 47.4 Å². The Labute approximate surface area is 192 Å². The zero-order chi connectivity index (χ0) is 23.2. The molecule has 6 nitrogen and oxygen atoms in total. The molecule has 0 aliphatic carbocycles. The second-order valence-corrected chi connectivity index (χ2v) is 7.87. The second-order valence-electron chi connectivity index (χ2n) is 7.87. The Balaban J connectivity index is 1.76. The van der Waals surface area contributed by atoms with Crippen molar-refractivity contribution in [1.82, 2.24) is 15.1 Å². The quantitative estimate of drug-likeness (QED) is 0.429. The van der Waals surface area contributed by atoms with E-state index in [1.165, 1.54) is 4.68 Å². The van der Waals surface area contributed by atoms with Crippen LogP contribution in [-0.4, -0.2) is 22.8 Å². The van der Waals surface area contributed by atoms with Crippen LogP contribution in [-0.2, 0) is 6.54 Å².